The van der Waals surface area contributed by atoms with Gasteiger partial charge in [-0.15, -0.1) is 0 Å². The van der Waals surface area contributed by atoms with Gasteiger partial charge in [-0.2, -0.15) is 0 Å². The fraction of sp³-hybridized carbons (Fsp3) is 0. The molecule has 6 rings (SSSR count). The number of benzene rings is 5. The molecule has 2 heteroatoms. The minimum absolute atomic E-state index is 0.744. The van der Waals surface area contributed by atoms with E-state index >= 15 is 0 Å². The molecule has 0 spiro atoms. The third-order valence-corrected chi connectivity index (χ3v) is 5.99. The van der Waals surface area contributed by atoms with E-state index in [2.05, 4.69) is 113 Å². The quantitative estimate of drug-likeness (QED) is 0.279. The van der Waals surface area contributed by atoms with Crippen molar-refractivity contribution >= 4 is 21.5 Å². The van der Waals surface area contributed by atoms with Crippen LogP contribution in [0.4, 0.5) is 0 Å². The predicted molar refractivity (Wildman–Crippen MR) is 133 cm³/mol. The molecule has 0 unspecified atom stereocenters. The van der Waals surface area contributed by atoms with Crippen molar-refractivity contribution in [2.75, 3.05) is 0 Å². The van der Waals surface area contributed by atoms with Gasteiger partial charge in [-0.05, 0) is 49.9 Å². The summed E-state index contributed by atoms with van der Waals surface area (Å²) in [6, 6.07) is 38.6. The van der Waals surface area contributed by atoms with Crippen LogP contribution in [0.5, 0.6) is 0 Å². The lowest BCUT2D eigenvalue weighted by atomic mass is 9.86. The average Bonchev–Trinajstić information content (AvgIpc) is 2.88. The zero-order valence-corrected chi connectivity index (χ0v) is 17.4. The van der Waals surface area contributed by atoms with Crippen molar-refractivity contribution in [3.05, 3.63) is 122 Å². The highest BCUT2D eigenvalue weighted by atomic mass is 14.8. The van der Waals surface area contributed by atoms with Gasteiger partial charge in [0, 0.05) is 18.0 Å². The molecule has 0 radical (unpaired) electrons. The summed E-state index contributed by atoms with van der Waals surface area (Å²) in [6.45, 7) is 0. The molecule has 32 heavy (non-hydrogen) atoms. The van der Waals surface area contributed by atoms with E-state index in [0.29, 0.717) is 0 Å². The molecule has 0 saturated heterocycles. The maximum atomic E-state index is 4.39. The van der Waals surface area contributed by atoms with Crippen LogP contribution < -0.4 is 0 Å². The molecule has 0 aliphatic heterocycles. The zero-order chi connectivity index (χ0) is 21.3. The van der Waals surface area contributed by atoms with Gasteiger partial charge in [-0.3, -0.25) is 0 Å². The average molecular weight is 409 g/mol. The van der Waals surface area contributed by atoms with Crippen LogP contribution in [0.2, 0.25) is 0 Å². The standard InChI is InChI=1S/C30H20N2/c1-2-9-21(10-3-1)28-24-11-4-6-13-26(24)29(27-14-7-5-12-25(27)28)22-15-17-23(18-16-22)30-31-19-8-20-32-30/h1-20H. The Kier molecular flexibility index (Phi) is 4.47. The molecule has 0 aliphatic carbocycles. The minimum atomic E-state index is 0.744. The van der Waals surface area contributed by atoms with Crippen molar-refractivity contribution in [1.82, 2.24) is 9.97 Å². The van der Waals surface area contributed by atoms with Gasteiger partial charge < -0.3 is 0 Å². The molecule has 150 valence electrons. The number of hydrogen-bond acceptors (Lipinski definition) is 2. The van der Waals surface area contributed by atoms with Gasteiger partial charge in [0.25, 0.3) is 0 Å². The molecule has 5 aromatic carbocycles. The highest BCUT2D eigenvalue weighted by Crippen LogP contribution is 2.43. The molecular formula is C30H20N2. The molecule has 0 fully saturated rings. The number of aromatic nitrogens is 2. The first kappa shape index (κ1) is 18.5. The first-order valence-corrected chi connectivity index (χ1v) is 10.8. The maximum absolute atomic E-state index is 4.39. The summed E-state index contributed by atoms with van der Waals surface area (Å²) in [4.78, 5) is 8.77. The van der Waals surface area contributed by atoms with E-state index < -0.39 is 0 Å². The highest BCUT2D eigenvalue weighted by molar-refractivity contribution is 6.21. The van der Waals surface area contributed by atoms with E-state index in [1.54, 1.807) is 12.4 Å². The van der Waals surface area contributed by atoms with Gasteiger partial charge in [0.15, 0.2) is 5.82 Å². The van der Waals surface area contributed by atoms with E-state index in [1.807, 2.05) is 6.07 Å². The van der Waals surface area contributed by atoms with Gasteiger partial charge in [-0.25, -0.2) is 9.97 Å². The van der Waals surface area contributed by atoms with Crippen LogP contribution in [0.1, 0.15) is 0 Å². The summed E-state index contributed by atoms with van der Waals surface area (Å²) in [5.74, 6) is 0.744. The van der Waals surface area contributed by atoms with E-state index in [1.165, 1.54) is 43.8 Å². The van der Waals surface area contributed by atoms with E-state index in [9.17, 15) is 0 Å². The molecule has 0 amide bonds. The Morgan fingerprint density at radius 2 is 0.750 bits per heavy atom. The van der Waals surface area contributed by atoms with Crippen molar-refractivity contribution in [1.29, 1.82) is 0 Å². The molecule has 0 saturated carbocycles. The van der Waals surface area contributed by atoms with Crippen LogP contribution in [-0.2, 0) is 0 Å². The molecule has 0 N–H and O–H groups in total. The Labute approximate surface area is 186 Å². The van der Waals surface area contributed by atoms with E-state index in [-0.39, 0.29) is 0 Å². The Balaban J connectivity index is 1.65. The fourth-order valence-electron chi connectivity index (χ4n) is 4.59. The van der Waals surface area contributed by atoms with Crippen LogP contribution in [-0.4, -0.2) is 9.97 Å². The normalized spacial score (nSPS) is 11.1. The van der Waals surface area contributed by atoms with Crippen LogP contribution in [0, 0.1) is 0 Å². The lowest BCUT2D eigenvalue weighted by Gasteiger charge is -2.17. The third kappa shape index (κ3) is 3.05. The largest absolute Gasteiger partial charge is 0.237 e. The van der Waals surface area contributed by atoms with Crippen molar-refractivity contribution in [2.45, 2.75) is 0 Å². The van der Waals surface area contributed by atoms with Gasteiger partial charge in [0.05, 0.1) is 0 Å². The molecule has 0 atom stereocenters. The summed E-state index contributed by atoms with van der Waals surface area (Å²) in [5, 5.41) is 5.05. The zero-order valence-electron chi connectivity index (χ0n) is 17.4. The predicted octanol–water partition coefficient (Wildman–Crippen LogP) is 7.78. The number of hydrogen-bond donors (Lipinski definition) is 0. The van der Waals surface area contributed by atoms with Gasteiger partial charge in [0.2, 0.25) is 0 Å². The highest BCUT2D eigenvalue weighted by Gasteiger charge is 2.16. The molecule has 0 bridgehead atoms. The number of rotatable bonds is 3. The Bertz CT molecular complexity index is 1480. The van der Waals surface area contributed by atoms with Gasteiger partial charge >= 0.3 is 0 Å². The third-order valence-electron chi connectivity index (χ3n) is 5.99. The first-order chi connectivity index (χ1) is 15.9. The molecular weight excluding hydrogens is 388 g/mol. The second kappa shape index (κ2) is 7.75. The van der Waals surface area contributed by atoms with Crippen LogP contribution in [0.3, 0.4) is 0 Å². The maximum Gasteiger partial charge on any atom is 0.159 e. The summed E-state index contributed by atoms with van der Waals surface area (Å²) in [7, 11) is 0. The smallest absolute Gasteiger partial charge is 0.159 e. The Hall–Kier alpha value is -4.30. The summed E-state index contributed by atoms with van der Waals surface area (Å²) < 4.78 is 0. The van der Waals surface area contributed by atoms with Crippen molar-refractivity contribution < 1.29 is 0 Å². The SMILES string of the molecule is c1ccc(-c2c3ccccc3c(-c3ccc(-c4ncccn4)cc3)c3ccccc23)cc1. The molecule has 1 aromatic heterocycles. The monoisotopic (exact) mass is 408 g/mol. The summed E-state index contributed by atoms with van der Waals surface area (Å²) in [5.41, 5.74) is 6.00. The lowest BCUT2D eigenvalue weighted by Crippen LogP contribution is -1.91. The van der Waals surface area contributed by atoms with Crippen LogP contribution in [0.15, 0.2) is 122 Å². The van der Waals surface area contributed by atoms with Crippen LogP contribution in [0.25, 0.3) is 55.2 Å². The molecule has 1 heterocycles. The Morgan fingerprint density at radius 1 is 0.344 bits per heavy atom. The number of fused-ring (bicyclic) bond motifs is 2. The topological polar surface area (TPSA) is 25.8 Å². The van der Waals surface area contributed by atoms with Gasteiger partial charge in [-0.1, -0.05) is 103 Å². The van der Waals surface area contributed by atoms with Gasteiger partial charge in [0.1, 0.15) is 0 Å². The first-order valence-electron chi connectivity index (χ1n) is 10.8. The Morgan fingerprint density at radius 3 is 1.25 bits per heavy atom. The second-order valence-corrected chi connectivity index (χ2v) is 7.86. The van der Waals surface area contributed by atoms with Crippen molar-refractivity contribution in [2.24, 2.45) is 0 Å². The van der Waals surface area contributed by atoms with Crippen molar-refractivity contribution in [3.63, 3.8) is 0 Å². The summed E-state index contributed by atoms with van der Waals surface area (Å²) in [6.07, 6.45) is 3.55. The van der Waals surface area contributed by atoms with Crippen molar-refractivity contribution in [3.8, 4) is 33.6 Å². The van der Waals surface area contributed by atoms with E-state index in [4.69, 9.17) is 0 Å². The second-order valence-electron chi connectivity index (χ2n) is 7.86. The fourth-order valence-corrected chi connectivity index (χ4v) is 4.59. The molecule has 2 nitrogen and oxygen atoms in total. The molecule has 6 aromatic rings. The summed E-state index contributed by atoms with van der Waals surface area (Å²) >= 11 is 0. The minimum Gasteiger partial charge on any atom is -0.237 e. The lowest BCUT2D eigenvalue weighted by molar-refractivity contribution is 1.18. The number of nitrogens with zero attached hydrogens (tertiary/aromatic N) is 2. The van der Waals surface area contributed by atoms with E-state index in [0.717, 1.165) is 11.4 Å². The molecule has 0 aliphatic rings. The van der Waals surface area contributed by atoms with Crippen LogP contribution >= 0.6 is 0 Å².